The Labute approximate surface area is 163 Å². The van der Waals surface area contributed by atoms with Crippen molar-refractivity contribution in [2.75, 3.05) is 0 Å². The topological polar surface area (TPSA) is 75.4 Å². The minimum atomic E-state index is -0.591. The number of aromatic nitrogens is 1. The number of hydrogen-bond acceptors (Lipinski definition) is 4. The number of halogens is 1. The van der Waals surface area contributed by atoms with E-state index in [9.17, 15) is 9.59 Å². The Balaban J connectivity index is 1.76. The molecule has 0 unspecified atom stereocenters. The minimum Gasteiger partial charge on any atom is -0.467 e. The van der Waals surface area contributed by atoms with Crippen LogP contribution in [0.1, 0.15) is 55.1 Å². The number of carbonyl (C=O) groups is 2. The van der Waals surface area contributed by atoms with Gasteiger partial charge in [0.1, 0.15) is 17.0 Å². The molecule has 1 N–H and O–H groups in total. The summed E-state index contributed by atoms with van der Waals surface area (Å²) in [5.41, 5.74) is 0.440. The predicted octanol–water partition coefficient (Wildman–Crippen LogP) is 3.81. The van der Waals surface area contributed by atoms with E-state index >= 15 is 0 Å². The van der Waals surface area contributed by atoms with Gasteiger partial charge in [-0.05, 0) is 44.0 Å². The van der Waals surface area contributed by atoms with E-state index in [1.54, 1.807) is 42.4 Å². The molecule has 1 aliphatic carbocycles. The van der Waals surface area contributed by atoms with Gasteiger partial charge in [-0.3, -0.25) is 9.59 Å². The molecule has 3 rings (SSSR count). The Morgan fingerprint density at radius 2 is 2.07 bits per heavy atom. The van der Waals surface area contributed by atoms with Gasteiger partial charge in [0, 0.05) is 12.2 Å². The normalized spacial score (nSPS) is 15.9. The van der Waals surface area contributed by atoms with Gasteiger partial charge >= 0.3 is 0 Å². The monoisotopic (exact) mass is 389 g/mol. The first-order valence-corrected chi connectivity index (χ1v) is 9.68. The average Bonchev–Trinajstić information content (AvgIpc) is 3.21. The number of furan rings is 1. The van der Waals surface area contributed by atoms with Crippen LogP contribution in [0.25, 0.3) is 0 Å². The third kappa shape index (κ3) is 4.89. The molecule has 2 aromatic rings. The van der Waals surface area contributed by atoms with Gasteiger partial charge in [0.05, 0.1) is 18.4 Å². The third-order valence-corrected chi connectivity index (χ3v) is 5.21. The molecule has 144 valence electrons. The lowest BCUT2D eigenvalue weighted by Crippen LogP contribution is -2.53. The number of amides is 2. The number of nitrogens with one attached hydrogen (secondary N) is 1. The van der Waals surface area contributed by atoms with E-state index in [0.29, 0.717) is 23.0 Å². The lowest BCUT2D eigenvalue weighted by molar-refractivity contribution is -0.126. The van der Waals surface area contributed by atoms with Crippen molar-refractivity contribution in [3.05, 3.63) is 53.2 Å². The summed E-state index contributed by atoms with van der Waals surface area (Å²) in [5, 5.41) is 3.19. The van der Waals surface area contributed by atoms with Crippen molar-refractivity contribution in [3.63, 3.8) is 0 Å². The molecule has 0 spiro atoms. The first-order chi connectivity index (χ1) is 13.1. The summed E-state index contributed by atoms with van der Waals surface area (Å²) in [6.07, 6.45) is 8.14. The maximum Gasteiger partial charge on any atom is 0.256 e. The van der Waals surface area contributed by atoms with E-state index in [-0.39, 0.29) is 17.9 Å². The Hall–Kier alpha value is -2.34. The lowest BCUT2D eigenvalue weighted by Gasteiger charge is -2.38. The summed E-state index contributed by atoms with van der Waals surface area (Å²) in [6.45, 7) is 2.07. The standard InChI is InChI=1S/C20H24ClN3O3/c1-14(19(25)23-13-17-8-5-11-27-17)24(16-6-3-2-4-7-16)20(26)15-9-10-18(21)22-12-15/h5,8-12,14,16H,2-4,6-7,13H2,1H3,(H,23,25)/t14-/m1/s1. The van der Waals surface area contributed by atoms with E-state index in [1.165, 1.54) is 12.6 Å². The van der Waals surface area contributed by atoms with Gasteiger partial charge in [-0.2, -0.15) is 0 Å². The van der Waals surface area contributed by atoms with Crippen molar-refractivity contribution in [1.82, 2.24) is 15.2 Å². The molecular weight excluding hydrogens is 366 g/mol. The fourth-order valence-corrected chi connectivity index (χ4v) is 3.64. The highest BCUT2D eigenvalue weighted by atomic mass is 35.5. The molecule has 0 aliphatic heterocycles. The molecule has 7 heteroatoms. The van der Waals surface area contributed by atoms with Crippen LogP contribution in [0.15, 0.2) is 41.1 Å². The van der Waals surface area contributed by atoms with Crippen molar-refractivity contribution in [2.24, 2.45) is 0 Å². The van der Waals surface area contributed by atoms with E-state index < -0.39 is 6.04 Å². The fraction of sp³-hybridized carbons (Fsp3) is 0.450. The molecule has 2 heterocycles. The number of pyridine rings is 1. The van der Waals surface area contributed by atoms with Gasteiger partial charge in [0.15, 0.2) is 0 Å². The summed E-state index contributed by atoms with van der Waals surface area (Å²) < 4.78 is 5.25. The number of carbonyl (C=O) groups excluding carboxylic acids is 2. The molecular formula is C20H24ClN3O3. The average molecular weight is 390 g/mol. The molecule has 0 radical (unpaired) electrons. The second kappa shape index (κ2) is 9.04. The van der Waals surface area contributed by atoms with Gasteiger partial charge < -0.3 is 14.6 Å². The molecule has 2 amide bonds. The Morgan fingerprint density at radius 1 is 1.30 bits per heavy atom. The molecule has 1 fully saturated rings. The van der Waals surface area contributed by atoms with Crippen LogP contribution in [0.4, 0.5) is 0 Å². The van der Waals surface area contributed by atoms with Crippen molar-refractivity contribution < 1.29 is 14.0 Å². The largest absolute Gasteiger partial charge is 0.467 e. The van der Waals surface area contributed by atoms with Crippen LogP contribution in [0, 0.1) is 0 Å². The van der Waals surface area contributed by atoms with Crippen LogP contribution >= 0.6 is 11.6 Å². The van der Waals surface area contributed by atoms with Crippen LogP contribution in [0.2, 0.25) is 5.15 Å². The zero-order chi connectivity index (χ0) is 19.2. The van der Waals surface area contributed by atoms with Crippen LogP contribution in [0.5, 0.6) is 0 Å². The third-order valence-electron chi connectivity index (χ3n) is 4.99. The molecule has 0 bridgehead atoms. The van der Waals surface area contributed by atoms with Gasteiger partial charge in [-0.15, -0.1) is 0 Å². The Kier molecular flexibility index (Phi) is 6.50. The molecule has 27 heavy (non-hydrogen) atoms. The quantitative estimate of drug-likeness (QED) is 0.762. The maximum absolute atomic E-state index is 13.2. The summed E-state index contributed by atoms with van der Waals surface area (Å²) in [5.74, 6) is 0.284. The number of rotatable bonds is 6. The van der Waals surface area contributed by atoms with Gasteiger partial charge in [0.2, 0.25) is 5.91 Å². The zero-order valence-corrected chi connectivity index (χ0v) is 16.1. The van der Waals surface area contributed by atoms with Crippen molar-refractivity contribution >= 4 is 23.4 Å². The zero-order valence-electron chi connectivity index (χ0n) is 15.4. The Bertz CT molecular complexity index is 755. The molecule has 1 aliphatic rings. The molecule has 6 nitrogen and oxygen atoms in total. The van der Waals surface area contributed by atoms with Crippen LogP contribution in [0.3, 0.4) is 0 Å². The van der Waals surface area contributed by atoms with Gasteiger partial charge in [0.25, 0.3) is 5.91 Å². The van der Waals surface area contributed by atoms with Crippen LogP contribution < -0.4 is 5.32 Å². The summed E-state index contributed by atoms with van der Waals surface area (Å²) >= 11 is 5.84. The maximum atomic E-state index is 13.2. The highest BCUT2D eigenvalue weighted by Crippen LogP contribution is 2.26. The van der Waals surface area contributed by atoms with Crippen molar-refractivity contribution in [3.8, 4) is 0 Å². The summed E-state index contributed by atoms with van der Waals surface area (Å²) in [7, 11) is 0. The van der Waals surface area contributed by atoms with E-state index in [1.807, 2.05) is 0 Å². The molecule has 0 saturated heterocycles. The molecule has 0 aromatic carbocycles. The second-order valence-electron chi connectivity index (χ2n) is 6.85. The van der Waals surface area contributed by atoms with Crippen molar-refractivity contribution in [1.29, 1.82) is 0 Å². The SMILES string of the molecule is C[C@H](C(=O)NCc1ccco1)N(C(=O)c1ccc(Cl)nc1)C1CCCCC1. The smallest absolute Gasteiger partial charge is 0.256 e. The van der Waals surface area contributed by atoms with Crippen molar-refractivity contribution in [2.45, 2.75) is 57.7 Å². The first-order valence-electron chi connectivity index (χ1n) is 9.30. The number of nitrogens with zero attached hydrogens (tertiary/aromatic N) is 2. The van der Waals surface area contributed by atoms with Crippen LogP contribution in [-0.4, -0.2) is 33.8 Å². The summed E-state index contributed by atoms with van der Waals surface area (Å²) in [6, 6.07) is 6.28. The fourth-order valence-electron chi connectivity index (χ4n) is 3.53. The molecule has 1 atom stereocenters. The Morgan fingerprint density at radius 3 is 2.70 bits per heavy atom. The highest BCUT2D eigenvalue weighted by Gasteiger charge is 2.33. The van der Waals surface area contributed by atoms with Crippen LogP contribution in [-0.2, 0) is 11.3 Å². The van der Waals surface area contributed by atoms with E-state index in [4.69, 9.17) is 16.0 Å². The summed E-state index contributed by atoms with van der Waals surface area (Å²) in [4.78, 5) is 31.6. The first kappa shape index (κ1) is 19.4. The number of hydrogen-bond donors (Lipinski definition) is 1. The van der Waals surface area contributed by atoms with E-state index in [2.05, 4.69) is 10.3 Å². The van der Waals surface area contributed by atoms with Gasteiger partial charge in [-0.1, -0.05) is 30.9 Å². The minimum absolute atomic E-state index is 0.0475. The lowest BCUT2D eigenvalue weighted by atomic mass is 9.92. The molecule has 1 saturated carbocycles. The predicted molar refractivity (Wildman–Crippen MR) is 102 cm³/mol. The highest BCUT2D eigenvalue weighted by molar-refractivity contribution is 6.29. The van der Waals surface area contributed by atoms with E-state index in [0.717, 1.165) is 25.7 Å². The van der Waals surface area contributed by atoms with Gasteiger partial charge in [-0.25, -0.2) is 4.98 Å². The molecule has 2 aromatic heterocycles. The second-order valence-corrected chi connectivity index (χ2v) is 7.23.